The highest BCUT2D eigenvalue weighted by Crippen LogP contribution is 1.78. The molecule has 5 nitrogen and oxygen atoms in total. The molecule has 0 saturated carbocycles. The smallest absolute Gasteiger partial charge is 0.206 e. The van der Waals surface area contributed by atoms with Crippen LogP contribution in [0.2, 0.25) is 0 Å². The third-order valence-corrected chi connectivity index (χ3v) is 0.886. The van der Waals surface area contributed by atoms with Crippen LogP contribution in [-0.4, -0.2) is 14.7 Å². The van der Waals surface area contributed by atoms with Gasteiger partial charge in [-0.05, 0) is 0 Å². The third-order valence-electron chi connectivity index (χ3n) is 0.500. The van der Waals surface area contributed by atoms with Crippen LogP contribution in [0.4, 0.5) is 0 Å². The lowest BCUT2D eigenvalue weighted by molar-refractivity contribution is 0.262. The van der Waals surface area contributed by atoms with Gasteiger partial charge in [-0.2, -0.15) is 13.7 Å². The fourth-order valence-corrected chi connectivity index (χ4v) is 0.409. The van der Waals surface area contributed by atoms with Gasteiger partial charge in [-0.3, -0.25) is 0 Å². The minimum absolute atomic E-state index is 0.0279. The van der Waals surface area contributed by atoms with Crippen LogP contribution in [-0.2, 0) is 14.4 Å². The molecule has 6 heteroatoms. The number of hydroxylamine groups is 1. The number of nitrogens with one attached hydrogen (secondary N) is 1. The summed E-state index contributed by atoms with van der Waals surface area (Å²) in [6, 6.07) is 3.87. The van der Waals surface area contributed by atoms with Crippen molar-refractivity contribution in [1.82, 2.24) is 5.48 Å². The molecule has 0 saturated heterocycles. The van der Waals surface area contributed by atoms with Gasteiger partial charge in [0.25, 0.3) is 10.1 Å². The molecule has 0 aromatic rings. The van der Waals surface area contributed by atoms with Crippen molar-refractivity contribution in [3.05, 3.63) is 0 Å². The van der Waals surface area contributed by atoms with Crippen LogP contribution in [0.15, 0.2) is 0 Å². The van der Waals surface area contributed by atoms with Gasteiger partial charge < -0.3 is 0 Å². The fraction of sp³-hybridized carbons (Fsp3) is 0.400. The first-order valence-corrected chi connectivity index (χ1v) is 4.36. The monoisotopic (exact) mass is 174 g/mol. The summed E-state index contributed by atoms with van der Waals surface area (Å²) in [5.74, 6) is 2.30. The maximum atomic E-state index is 10.2. The molecular formula is C5H6N2O3S. The van der Waals surface area contributed by atoms with Crippen molar-refractivity contribution in [2.45, 2.75) is 6.42 Å². The first kappa shape index (κ1) is 9.76. The molecule has 0 bridgehead atoms. The van der Waals surface area contributed by atoms with Crippen LogP contribution in [0.25, 0.3) is 0 Å². The van der Waals surface area contributed by atoms with Crippen LogP contribution in [0.1, 0.15) is 6.42 Å². The number of hydrogen-bond acceptors (Lipinski definition) is 5. The summed E-state index contributed by atoms with van der Waals surface area (Å²) in [6.07, 6.45) is 0.909. The van der Waals surface area contributed by atoms with E-state index in [2.05, 4.69) is 16.2 Å². The first-order valence-electron chi connectivity index (χ1n) is 2.54. The normalized spacial score (nSPS) is 9.09. The summed E-state index contributed by atoms with van der Waals surface area (Å²) < 4.78 is 24.5. The van der Waals surface area contributed by atoms with Crippen molar-refractivity contribution in [2.75, 3.05) is 6.26 Å². The molecule has 0 aromatic carbocycles. The van der Waals surface area contributed by atoms with Gasteiger partial charge in [0.2, 0.25) is 0 Å². The highest BCUT2D eigenvalue weighted by Gasteiger charge is 1.96. The molecule has 0 radical (unpaired) electrons. The number of hydrogen-bond donors (Lipinski definition) is 1. The summed E-state index contributed by atoms with van der Waals surface area (Å²) in [5.41, 5.74) is 1.86. The number of nitriles is 1. The lowest BCUT2D eigenvalue weighted by atomic mass is 10.5. The Morgan fingerprint density at radius 1 is 1.64 bits per heavy atom. The average Bonchev–Trinajstić information content (AvgIpc) is 1.85. The van der Waals surface area contributed by atoms with Gasteiger partial charge in [0.15, 0.2) is 0 Å². The Hall–Kier alpha value is -1.24. The van der Waals surface area contributed by atoms with Gasteiger partial charge in [-0.1, -0.05) is 5.92 Å². The van der Waals surface area contributed by atoms with E-state index in [4.69, 9.17) is 5.26 Å². The lowest BCUT2D eigenvalue weighted by Gasteiger charge is -1.92. The van der Waals surface area contributed by atoms with Crippen molar-refractivity contribution < 1.29 is 12.7 Å². The van der Waals surface area contributed by atoms with Crippen LogP contribution < -0.4 is 5.48 Å². The zero-order chi connectivity index (χ0) is 8.74. The SMILES string of the molecule is CS(=O)(=O)ONC#CCC#N. The highest BCUT2D eigenvalue weighted by atomic mass is 32.2. The maximum absolute atomic E-state index is 10.2. The minimum atomic E-state index is -3.51. The Morgan fingerprint density at radius 3 is 2.73 bits per heavy atom. The molecule has 0 rings (SSSR count). The van der Waals surface area contributed by atoms with Crippen LogP contribution in [0, 0.1) is 23.3 Å². The molecule has 0 aliphatic heterocycles. The van der Waals surface area contributed by atoms with Crippen LogP contribution in [0.5, 0.6) is 0 Å². The molecule has 0 fully saturated rings. The van der Waals surface area contributed by atoms with Crippen molar-refractivity contribution >= 4 is 10.1 Å². The van der Waals surface area contributed by atoms with E-state index >= 15 is 0 Å². The topological polar surface area (TPSA) is 79.2 Å². The summed E-state index contributed by atoms with van der Waals surface area (Å²) in [4.78, 5) is 0. The molecule has 0 aliphatic rings. The Kier molecular flexibility index (Phi) is 4.04. The molecule has 11 heavy (non-hydrogen) atoms. The van der Waals surface area contributed by atoms with E-state index in [0.717, 1.165) is 6.26 Å². The second kappa shape index (κ2) is 4.56. The van der Waals surface area contributed by atoms with Crippen molar-refractivity contribution in [3.8, 4) is 18.0 Å². The van der Waals surface area contributed by atoms with Gasteiger partial charge in [-0.25, -0.2) is 5.48 Å². The summed E-state index contributed by atoms with van der Waals surface area (Å²) in [5, 5.41) is 7.99. The second-order valence-corrected chi connectivity index (χ2v) is 3.10. The number of nitrogens with zero attached hydrogens (tertiary/aromatic N) is 1. The third kappa shape index (κ3) is 8.76. The van der Waals surface area contributed by atoms with E-state index in [0.29, 0.717) is 0 Å². The van der Waals surface area contributed by atoms with E-state index < -0.39 is 10.1 Å². The predicted octanol–water partition coefficient (Wildman–Crippen LogP) is -0.658. The number of rotatable bonds is 2. The van der Waals surface area contributed by atoms with Gasteiger partial charge in [0.05, 0.1) is 18.7 Å². The quantitative estimate of drug-likeness (QED) is 0.341. The van der Waals surface area contributed by atoms with Gasteiger partial charge >= 0.3 is 0 Å². The van der Waals surface area contributed by atoms with Crippen molar-refractivity contribution in [2.24, 2.45) is 0 Å². The van der Waals surface area contributed by atoms with E-state index in [1.165, 1.54) is 0 Å². The zero-order valence-electron chi connectivity index (χ0n) is 5.79. The largest absolute Gasteiger partial charge is 0.285 e. The Balaban J connectivity index is 3.63. The molecular weight excluding hydrogens is 168 g/mol. The maximum Gasteiger partial charge on any atom is 0.285 e. The molecule has 0 aliphatic carbocycles. The summed E-state index contributed by atoms with van der Waals surface area (Å²) in [7, 11) is -3.51. The Labute approximate surface area is 65.0 Å². The molecule has 0 heterocycles. The summed E-state index contributed by atoms with van der Waals surface area (Å²) >= 11 is 0. The Morgan fingerprint density at radius 2 is 2.27 bits per heavy atom. The molecule has 0 aromatic heterocycles. The first-order chi connectivity index (χ1) is 5.06. The highest BCUT2D eigenvalue weighted by molar-refractivity contribution is 7.85. The summed E-state index contributed by atoms with van der Waals surface area (Å²) in [6.45, 7) is 0. The molecule has 0 amide bonds. The second-order valence-electron chi connectivity index (χ2n) is 1.53. The van der Waals surface area contributed by atoms with Gasteiger partial charge in [0, 0.05) is 6.04 Å². The predicted molar refractivity (Wildman–Crippen MR) is 37.1 cm³/mol. The van der Waals surface area contributed by atoms with Gasteiger partial charge in [0.1, 0.15) is 0 Å². The van der Waals surface area contributed by atoms with Crippen LogP contribution in [0.3, 0.4) is 0 Å². The van der Waals surface area contributed by atoms with E-state index in [1.54, 1.807) is 6.07 Å². The standard InChI is InChI=1S/C5H6N2O3S/c1-11(8,9)10-7-5-3-2-4-6/h7H,2H2,1H3. The van der Waals surface area contributed by atoms with E-state index in [9.17, 15) is 8.42 Å². The molecule has 0 unspecified atom stereocenters. The minimum Gasteiger partial charge on any atom is -0.206 e. The lowest BCUT2D eigenvalue weighted by Crippen LogP contribution is -2.13. The zero-order valence-corrected chi connectivity index (χ0v) is 6.60. The van der Waals surface area contributed by atoms with Crippen molar-refractivity contribution in [3.63, 3.8) is 0 Å². The van der Waals surface area contributed by atoms with Crippen molar-refractivity contribution in [1.29, 1.82) is 5.26 Å². The fourth-order valence-electron chi connectivity index (χ4n) is 0.216. The molecule has 0 atom stereocenters. The average molecular weight is 174 g/mol. The molecule has 60 valence electrons. The Bertz CT molecular complexity index is 303. The van der Waals surface area contributed by atoms with E-state index in [1.807, 2.05) is 5.48 Å². The van der Waals surface area contributed by atoms with E-state index in [-0.39, 0.29) is 6.42 Å². The van der Waals surface area contributed by atoms with Gasteiger partial charge in [-0.15, -0.1) is 4.28 Å². The van der Waals surface area contributed by atoms with Crippen LogP contribution >= 0.6 is 0 Å². The molecule has 1 N–H and O–H groups in total. The molecule has 0 spiro atoms.